The molecule has 6 unspecified atom stereocenters. The van der Waals surface area contributed by atoms with Gasteiger partial charge in [0.25, 0.3) is 0 Å². The monoisotopic (exact) mass is 236 g/mol. The van der Waals surface area contributed by atoms with E-state index in [2.05, 4.69) is 13.5 Å². The molecule has 2 aliphatic carbocycles. The number of carbonyl (C=O) groups excluding carboxylic acids is 2. The Bertz CT molecular complexity index is 414. The van der Waals surface area contributed by atoms with Crippen molar-refractivity contribution in [2.75, 3.05) is 0 Å². The molecule has 1 aliphatic heterocycles. The van der Waals surface area contributed by atoms with Crippen LogP contribution in [0.1, 0.15) is 20.3 Å². The molecule has 2 bridgehead atoms. The molecular weight excluding hydrogens is 220 g/mol. The van der Waals surface area contributed by atoms with E-state index in [1.165, 1.54) is 0 Å². The summed E-state index contributed by atoms with van der Waals surface area (Å²) in [6, 6.07) is 0. The van der Waals surface area contributed by atoms with Gasteiger partial charge in [-0.25, -0.2) is 4.79 Å². The number of ether oxygens (including phenoxy) is 2. The van der Waals surface area contributed by atoms with Crippen molar-refractivity contribution in [3.8, 4) is 0 Å². The first kappa shape index (κ1) is 10.8. The molecule has 0 N–H and O–H groups in total. The number of rotatable bonds is 2. The first-order valence-electron chi connectivity index (χ1n) is 6.07. The molecular formula is C13H16O4. The van der Waals surface area contributed by atoms with Crippen molar-refractivity contribution in [3.63, 3.8) is 0 Å². The Morgan fingerprint density at radius 1 is 1.47 bits per heavy atom. The van der Waals surface area contributed by atoms with Crippen LogP contribution in [-0.4, -0.2) is 24.1 Å². The van der Waals surface area contributed by atoms with Gasteiger partial charge in [0.15, 0.2) is 0 Å². The molecule has 4 nitrogen and oxygen atoms in total. The highest BCUT2D eigenvalue weighted by molar-refractivity contribution is 5.87. The number of fused-ring (bicyclic) bond motifs is 1. The van der Waals surface area contributed by atoms with Gasteiger partial charge in [0.1, 0.15) is 12.2 Å². The molecule has 3 rings (SSSR count). The average Bonchev–Trinajstić information content (AvgIpc) is 2.82. The van der Waals surface area contributed by atoms with Crippen molar-refractivity contribution in [1.82, 2.24) is 0 Å². The van der Waals surface area contributed by atoms with Crippen LogP contribution in [0.5, 0.6) is 0 Å². The van der Waals surface area contributed by atoms with Crippen LogP contribution >= 0.6 is 0 Å². The zero-order chi connectivity index (χ0) is 12.3. The minimum absolute atomic E-state index is 0.0322. The molecule has 92 valence electrons. The summed E-state index contributed by atoms with van der Waals surface area (Å²) in [5.74, 6) is 0.326. The van der Waals surface area contributed by atoms with Gasteiger partial charge in [0, 0.05) is 17.4 Å². The molecule has 0 radical (unpaired) electrons. The number of esters is 2. The highest BCUT2D eigenvalue weighted by Gasteiger charge is 2.66. The predicted octanol–water partition coefficient (Wildman–Crippen LogP) is 1.30. The zero-order valence-electron chi connectivity index (χ0n) is 10.0. The fourth-order valence-electron chi connectivity index (χ4n) is 3.73. The molecule has 0 aromatic carbocycles. The van der Waals surface area contributed by atoms with Gasteiger partial charge in [0.05, 0.1) is 5.92 Å². The fourth-order valence-corrected chi connectivity index (χ4v) is 3.73. The van der Waals surface area contributed by atoms with Gasteiger partial charge in [-0.05, 0) is 19.3 Å². The second kappa shape index (κ2) is 3.34. The van der Waals surface area contributed by atoms with Crippen LogP contribution in [-0.2, 0) is 19.1 Å². The summed E-state index contributed by atoms with van der Waals surface area (Å²) < 4.78 is 10.8. The molecule has 0 aromatic rings. The Labute approximate surface area is 100.0 Å². The van der Waals surface area contributed by atoms with Crippen molar-refractivity contribution in [2.45, 2.75) is 32.5 Å². The van der Waals surface area contributed by atoms with Crippen LogP contribution in [0.4, 0.5) is 0 Å². The molecule has 0 spiro atoms. The van der Waals surface area contributed by atoms with Crippen LogP contribution in [0.3, 0.4) is 0 Å². The smallest absolute Gasteiger partial charge is 0.333 e. The van der Waals surface area contributed by atoms with Crippen molar-refractivity contribution in [2.24, 2.45) is 23.7 Å². The third kappa shape index (κ3) is 1.30. The molecule has 4 heteroatoms. The summed E-state index contributed by atoms with van der Waals surface area (Å²) in [6.07, 6.45) is 0.468. The summed E-state index contributed by atoms with van der Waals surface area (Å²) in [6.45, 7) is 7.25. The van der Waals surface area contributed by atoms with E-state index < -0.39 is 0 Å². The molecule has 6 atom stereocenters. The Kier molecular flexibility index (Phi) is 2.12. The lowest BCUT2D eigenvalue weighted by Crippen LogP contribution is -2.39. The normalized spacial score (nSPS) is 45.9. The zero-order valence-corrected chi connectivity index (χ0v) is 10.0. The predicted molar refractivity (Wildman–Crippen MR) is 58.8 cm³/mol. The van der Waals surface area contributed by atoms with E-state index in [9.17, 15) is 9.59 Å². The Hall–Kier alpha value is -1.32. The Morgan fingerprint density at radius 2 is 2.18 bits per heavy atom. The van der Waals surface area contributed by atoms with Crippen molar-refractivity contribution < 1.29 is 19.1 Å². The topological polar surface area (TPSA) is 52.6 Å². The lowest BCUT2D eigenvalue weighted by Gasteiger charge is -2.29. The van der Waals surface area contributed by atoms with Gasteiger partial charge in [0.2, 0.25) is 0 Å². The second-order valence-electron chi connectivity index (χ2n) is 5.50. The standard InChI is InChI=1S/C13H16O4/c1-5(2)12(14)16-10-7-4-8-9(6(7)3)13(15)17-11(8)10/h6-11H,1,4H2,2-3H3. The molecule has 2 saturated carbocycles. The van der Waals surface area contributed by atoms with E-state index in [0.29, 0.717) is 5.57 Å². The maximum Gasteiger partial charge on any atom is 0.333 e. The first-order chi connectivity index (χ1) is 8.00. The summed E-state index contributed by atoms with van der Waals surface area (Å²) >= 11 is 0. The second-order valence-corrected chi connectivity index (χ2v) is 5.50. The van der Waals surface area contributed by atoms with E-state index >= 15 is 0 Å². The highest BCUT2D eigenvalue weighted by Crippen LogP contribution is 2.58. The van der Waals surface area contributed by atoms with Crippen molar-refractivity contribution >= 4 is 11.9 Å². The largest absolute Gasteiger partial charge is 0.458 e. The molecule has 1 saturated heterocycles. The van der Waals surface area contributed by atoms with Gasteiger partial charge in [-0.1, -0.05) is 13.5 Å². The van der Waals surface area contributed by atoms with E-state index in [1.807, 2.05) is 0 Å². The van der Waals surface area contributed by atoms with Gasteiger partial charge >= 0.3 is 11.9 Å². The van der Waals surface area contributed by atoms with E-state index in [-0.39, 0.29) is 47.8 Å². The Morgan fingerprint density at radius 3 is 2.82 bits per heavy atom. The van der Waals surface area contributed by atoms with Crippen LogP contribution in [0.2, 0.25) is 0 Å². The van der Waals surface area contributed by atoms with Gasteiger partial charge in [-0.2, -0.15) is 0 Å². The minimum Gasteiger partial charge on any atom is -0.458 e. The molecule has 17 heavy (non-hydrogen) atoms. The number of hydrogen-bond donors (Lipinski definition) is 0. The summed E-state index contributed by atoms with van der Waals surface area (Å²) in [4.78, 5) is 23.3. The van der Waals surface area contributed by atoms with E-state index in [4.69, 9.17) is 9.47 Å². The number of carbonyl (C=O) groups is 2. The van der Waals surface area contributed by atoms with E-state index in [1.54, 1.807) is 6.92 Å². The average molecular weight is 236 g/mol. The first-order valence-corrected chi connectivity index (χ1v) is 6.07. The lowest BCUT2D eigenvalue weighted by atomic mass is 9.80. The van der Waals surface area contributed by atoms with Gasteiger partial charge in [-0.3, -0.25) is 4.79 Å². The van der Waals surface area contributed by atoms with Crippen LogP contribution in [0.25, 0.3) is 0 Å². The Balaban J connectivity index is 1.83. The maximum absolute atomic E-state index is 11.7. The van der Waals surface area contributed by atoms with Crippen molar-refractivity contribution in [3.05, 3.63) is 12.2 Å². The highest BCUT2D eigenvalue weighted by atomic mass is 16.6. The molecule has 1 heterocycles. The summed E-state index contributed by atoms with van der Waals surface area (Å²) in [7, 11) is 0. The maximum atomic E-state index is 11.7. The molecule has 0 aromatic heterocycles. The van der Waals surface area contributed by atoms with Crippen LogP contribution in [0, 0.1) is 23.7 Å². The third-order valence-corrected chi connectivity index (χ3v) is 4.53. The lowest BCUT2D eigenvalue weighted by molar-refractivity contribution is -0.158. The number of hydrogen-bond acceptors (Lipinski definition) is 4. The summed E-state index contributed by atoms with van der Waals surface area (Å²) in [5.41, 5.74) is 0.390. The summed E-state index contributed by atoms with van der Waals surface area (Å²) in [5, 5.41) is 0. The SMILES string of the molecule is C=C(C)C(=O)OC1C2CC3C1OC(=O)C3C2C. The van der Waals surface area contributed by atoms with E-state index in [0.717, 1.165) is 6.42 Å². The van der Waals surface area contributed by atoms with Crippen LogP contribution < -0.4 is 0 Å². The quantitative estimate of drug-likeness (QED) is 0.535. The third-order valence-electron chi connectivity index (χ3n) is 4.53. The minimum atomic E-state index is -0.380. The molecule has 0 amide bonds. The van der Waals surface area contributed by atoms with Gasteiger partial charge < -0.3 is 9.47 Å². The molecule has 3 aliphatic rings. The van der Waals surface area contributed by atoms with Crippen LogP contribution in [0.15, 0.2) is 12.2 Å². The fraction of sp³-hybridized carbons (Fsp3) is 0.692. The molecule has 3 fully saturated rings. The van der Waals surface area contributed by atoms with Gasteiger partial charge in [-0.15, -0.1) is 0 Å². The van der Waals surface area contributed by atoms with Crippen molar-refractivity contribution in [1.29, 1.82) is 0 Å².